The molecule has 0 spiro atoms. The van der Waals surface area contributed by atoms with Crippen LogP contribution in [0.1, 0.15) is 26.2 Å². The van der Waals surface area contributed by atoms with Crippen molar-refractivity contribution in [2.75, 3.05) is 0 Å². The van der Waals surface area contributed by atoms with Gasteiger partial charge >= 0.3 is 0 Å². The standard InChI is InChI=1S/C6H13NO3S/c1-2-3-4-5(7)6(8)11(9)10/h5H,2-4,7H2,1H3,(H,9,10)/p-1/t5-/m0/s1. The molecule has 0 amide bonds. The van der Waals surface area contributed by atoms with Crippen molar-refractivity contribution in [3.8, 4) is 0 Å². The van der Waals surface area contributed by atoms with E-state index < -0.39 is 22.2 Å². The molecule has 0 heterocycles. The van der Waals surface area contributed by atoms with Crippen molar-refractivity contribution in [2.24, 2.45) is 5.73 Å². The molecular weight excluding hydrogens is 166 g/mol. The highest BCUT2D eigenvalue weighted by Gasteiger charge is 2.12. The van der Waals surface area contributed by atoms with Gasteiger partial charge in [0.15, 0.2) is 0 Å². The fourth-order valence-corrected chi connectivity index (χ4v) is 1.03. The number of carbonyl (C=O) groups is 1. The molecule has 0 aromatic rings. The molecule has 2 atom stereocenters. The largest absolute Gasteiger partial charge is 0.766 e. The van der Waals surface area contributed by atoms with E-state index >= 15 is 0 Å². The fraction of sp³-hybridized carbons (Fsp3) is 0.833. The van der Waals surface area contributed by atoms with Crippen LogP contribution in [-0.4, -0.2) is 19.9 Å². The first-order valence-corrected chi connectivity index (χ1v) is 4.55. The zero-order valence-corrected chi connectivity index (χ0v) is 7.23. The Morgan fingerprint density at radius 2 is 2.27 bits per heavy atom. The van der Waals surface area contributed by atoms with Crippen molar-refractivity contribution >= 4 is 16.2 Å². The first kappa shape index (κ1) is 10.7. The Morgan fingerprint density at radius 3 is 2.64 bits per heavy atom. The summed E-state index contributed by atoms with van der Waals surface area (Å²) in [5.74, 6) is 0. The van der Waals surface area contributed by atoms with Crippen LogP contribution < -0.4 is 5.73 Å². The maximum atomic E-state index is 10.6. The predicted molar refractivity (Wildman–Crippen MR) is 41.4 cm³/mol. The van der Waals surface area contributed by atoms with Gasteiger partial charge in [-0.3, -0.25) is 9.00 Å². The van der Waals surface area contributed by atoms with Crippen LogP contribution in [0.15, 0.2) is 0 Å². The molecule has 0 aliphatic carbocycles. The van der Waals surface area contributed by atoms with Crippen molar-refractivity contribution in [1.29, 1.82) is 0 Å². The molecule has 1 unspecified atom stereocenters. The van der Waals surface area contributed by atoms with E-state index in [0.717, 1.165) is 12.8 Å². The molecule has 0 rings (SSSR count). The minimum absolute atomic E-state index is 0.448. The summed E-state index contributed by atoms with van der Waals surface area (Å²) in [6.07, 6.45) is 2.14. The Balaban J connectivity index is 3.73. The van der Waals surface area contributed by atoms with Gasteiger partial charge in [0.1, 0.15) is 0 Å². The third kappa shape index (κ3) is 4.23. The van der Waals surface area contributed by atoms with Gasteiger partial charge in [-0.2, -0.15) is 0 Å². The monoisotopic (exact) mass is 178 g/mol. The number of carbonyl (C=O) groups excluding carboxylic acids is 1. The Kier molecular flexibility index (Phi) is 5.27. The summed E-state index contributed by atoms with van der Waals surface area (Å²) < 4.78 is 20.1. The van der Waals surface area contributed by atoms with Crippen molar-refractivity contribution < 1.29 is 13.6 Å². The molecule has 0 saturated carbocycles. The Bertz CT molecular complexity index is 160. The van der Waals surface area contributed by atoms with Crippen LogP contribution in [0.3, 0.4) is 0 Å². The lowest BCUT2D eigenvalue weighted by atomic mass is 10.1. The Hall–Kier alpha value is -0.260. The maximum absolute atomic E-state index is 10.6. The van der Waals surface area contributed by atoms with Gasteiger partial charge in [-0.15, -0.1) is 0 Å². The van der Waals surface area contributed by atoms with Crippen LogP contribution in [0.25, 0.3) is 0 Å². The van der Waals surface area contributed by atoms with E-state index in [0.29, 0.717) is 6.42 Å². The maximum Gasteiger partial charge on any atom is 0.222 e. The minimum atomic E-state index is -2.66. The van der Waals surface area contributed by atoms with Crippen LogP contribution in [0.4, 0.5) is 0 Å². The molecule has 0 aliphatic rings. The van der Waals surface area contributed by atoms with Gasteiger partial charge in [0.25, 0.3) is 0 Å². The average molecular weight is 178 g/mol. The van der Waals surface area contributed by atoms with Crippen LogP contribution in [0.5, 0.6) is 0 Å². The lowest BCUT2D eigenvalue weighted by molar-refractivity contribution is -0.113. The molecule has 0 aromatic heterocycles. The van der Waals surface area contributed by atoms with Gasteiger partial charge < -0.3 is 10.3 Å². The van der Waals surface area contributed by atoms with E-state index in [2.05, 4.69) is 0 Å². The van der Waals surface area contributed by atoms with Gasteiger partial charge in [-0.25, -0.2) is 0 Å². The highest BCUT2D eigenvalue weighted by atomic mass is 32.2. The summed E-state index contributed by atoms with van der Waals surface area (Å²) >= 11 is -2.66. The second kappa shape index (κ2) is 5.40. The average Bonchev–Trinajstić information content (AvgIpc) is 1.98. The number of hydrogen-bond donors (Lipinski definition) is 1. The minimum Gasteiger partial charge on any atom is -0.766 e. The van der Waals surface area contributed by atoms with Crippen LogP contribution in [0, 0.1) is 0 Å². The van der Waals surface area contributed by atoms with Gasteiger partial charge in [-0.1, -0.05) is 19.8 Å². The van der Waals surface area contributed by atoms with Crippen LogP contribution in [-0.2, 0) is 15.9 Å². The third-order valence-electron chi connectivity index (χ3n) is 1.34. The molecule has 0 fully saturated rings. The predicted octanol–water partition coefficient (Wildman–Crippen LogP) is -0.0904. The highest BCUT2D eigenvalue weighted by molar-refractivity contribution is 7.95. The van der Waals surface area contributed by atoms with E-state index in [1.165, 1.54) is 0 Å². The molecule has 0 bridgehead atoms. The first-order chi connectivity index (χ1) is 5.09. The normalized spacial score (nSPS) is 15.9. The molecule has 0 aliphatic heterocycles. The number of nitrogens with two attached hydrogens (primary N) is 1. The van der Waals surface area contributed by atoms with Crippen molar-refractivity contribution in [1.82, 2.24) is 0 Å². The van der Waals surface area contributed by atoms with E-state index in [-0.39, 0.29) is 0 Å². The SMILES string of the molecule is CCCC[C@H](N)C(=O)S(=O)[O-]. The summed E-state index contributed by atoms with van der Waals surface area (Å²) in [7, 11) is 0. The number of hydrogen-bond acceptors (Lipinski definition) is 4. The topological polar surface area (TPSA) is 83.2 Å². The summed E-state index contributed by atoms with van der Waals surface area (Å²) in [5, 5.41) is -0.890. The molecule has 0 aromatic carbocycles. The molecule has 66 valence electrons. The lowest BCUT2D eigenvalue weighted by Gasteiger charge is -2.10. The molecule has 4 nitrogen and oxygen atoms in total. The van der Waals surface area contributed by atoms with Gasteiger partial charge in [-0.05, 0) is 6.42 Å². The fourth-order valence-electron chi connectivity index (χ4n) is 0.665. The first-order valence-electron chi connectivity index (χ1n) is 3.48. The van der Waals surface area contributed by atoms with E-state index in [1.807, 2.05) is 6.92 Å². The number of unbranched alkanes of at least 4 members (excludes halogenated alkanes) is 1. The second-order valence-electron chi connectivity index (χ2n) is 2.30. The Morgan fingerprint density at radius 1 is 1.73 bits per heavy atom. The third-order valence-corrected chi connectivity index (χ3v) is 1.97. The van der Waals surface area contributed by atoms with Gasteiger partial charge in [0, 0.05) is 11.1 Å². The highest BCUT2D eigenvalue weighted by Crippen LogP contribution is 2.00. The molecule has 2 N–H and O–H groups in total. The molecular formula is C6H12NO3S-. The molecule has 5 heteroatoms. The zero-order chi connectivity index (χ0) is 8.85. The smallest absolute Gasteiger partial charge is 0.222 e. The molecule has 0 radical (unpaired) electrons. The van der Waals surface area contributed by atoms with Crippen LogP contribution in [0.2, 0.25) is 0 Å². The van der Waals surface area contributed by atoms with Crippen LogP contribution >= 0.6 is 0 Å². The summed E-state index contributed by atoms with van der Waals surface area (Å²) in [4.78, 5) is 10.6. The van der Waals surface area contributed by atoms with Crippen molar-refractivity contribution in [2.45, 2.75) is 32.2 Å². The van der Waals surface area contributed by atoms with Crippen molar-refractivity contribution in [3.63, 3.8) is 0 Å². The summed E-state index contributed by atoms with van der Waals surface area (Å²) in [6.45, 7) is 1.95. The summed E-state index contributed by atoms with van der Waals surface area (Å²) in [5.41, 5.74) is 5.26. The van der Waals surface area contributed by atoms with Gasteiger partial charge in [0.05, 0.1) is 6.04 Å². The van der Waals surface area contributed by atoms with E-state index in [4.69, 9.17) is 5.73 Å². The Labute approximate surface area is 68.4 Å². The lowest BCUT2D eigenvalue weighted by Crippen LogP contribution is -2.32. The quantitative estimate of drug-likeness (QED) is 0.610. The van der Waals surface area contributed by atoms with E-state index in [9.17, 15) is 13.6 Å². The van der Waals surface area contributed by atoms with E-state index in [1.54, 1.807) is 0 Å². The van der Waals surface area contributed by atoms with Crippen molar-refractivity contribution in [3.05, 3.63) is 0 Å². The molecule has 11 heavy (non-hydrogen) atoms. The summed E-state index contributed by atoms with van der Waals surface area (Å²) in [6, 6.07) is -0.840. The van der Waals surface area contributed by atoms with Gasteiger partial charge in [0.2, 0.25) is 5.12 Å². The number of rotatable bonds is 4. The second-order valence-corrected chi connectivity index (χ2v) is 3.17. The zero-order valence-electron chi connectivity index (χ0n) is 6.41. The molecule has 0 saturated heterocycles.